The minimum absolute atomic E-state index is 0.442. The third-order valence-corrected chi connectivity index (χ3v) is 2.44. The highest BCUT2D eigenvalue weighted by Crippen LogP contribution is 2.24. The van der Waals surface area contributed by atoms with Crippen molar-refractivity contribution in [3.8, 4) is 11.3 Å². The van der Waals surface area contributed by atoms with Crippen molar-refractivity contribution in [1.82, 2.24) is 4.98 Å². The normalized spacial score (nSPS) is 11.1. The maximum absolute atomic E-state index is 11.0. The zero-order chi connectivity index (χ0) is 11.1. The second-order valence-corrected chi connectivity index (χ2v) is 3.64. The highest BCUT2D eigenvalue weighted by Gasteiger charge is 2.06. The van der Waals surface area contributed by atoms with Crippen molar-refractivity contribution in [2.24, 2.45) is 0 Å². The van der Waals surface area contributed by atoms with E-state index in [-0.39, 0.29) is 0 Å². The first kappa shape index (κ1) is 9.03. The summed E-state index contributed by atoms with van der Waals surface area (Å²) in [5, 5.41) is 0. The van der Waals surface area contributed by atoms with E-state index in [0.29, 0.717) is 11.1 Å². The number of furan rings is 1. The number of aryl methyl sites for hydroxylation is 1. The van der Waals surface area contributed by atoms with Gasteiger partial charge in [0.15, 0.2) is 5.58 Å². The van der Waals surface area contributed by atoms with Crippen molar-refractivity contribution in [3.63, 3.8) is 0 Å². The number of hydrogen-bond acceptors (Lipinski definition) is 3. The van der Waals surface area contributed by atoms with E-state index < -0.39 is 5.76 Å². The quantitative estimate of drug-likeness (QED) is 0.678. The zero-order valence-corrected chi connectivity index (χ0v) is 8.61. The lowest BCUT2D eigenvalue weighted by Gasteiger charge is -1.95. The van der Waals surface area contributed by atoms with Gasteiger partial charge in [0, 0.05) is 5.56 Å². The Labute approximate surface area is 90.5 Å². The van der Waals surface area contributed by atoms with E-state index >= 15 is 0 Å². The van der Waals surface area contributed by atoms with Gasteiger partial charge in [-0.2, -0.15) is 0 Å². The minimum atomic E-state index is -0.442. The predicted molar refractivity (Wildman–Crippen MR) is 59.3 cm³/mol. The largest absolute Gasteiger partial charge is 0.461 e. The second-order valence-electron chi connectivity index (χ2n) is 3.64. The van der Waals surface area contributed by atoms with Crippen LogP contribution in [0.25, 0.3) is 22.4 Å². The van der Waals surface area contributed by atoms with E-state index in [2.05, 4.69) is 4.98 Å². The average molecular weight is 215 g/mol. The van der Waals surface area contributed by atoms with E-state index in [0.717, 1.165) is 17.1 Å². The molecule has 1 N–H and O–H groups in total. The van der Waals surface area contributed by atoms with E-state index in [1.165, 1.54) is 0 Å². The van der Waals surface area contributed by atoms with Gasteiger partial charge in [-0.1, -0.05) is 0 Å². The molecular formula is C12H9NO3. The molecule has 0 spiro atoms. The van der Waals surface area contributed by atoms with Crippen LogP contribution in [-0.2, 0) is 0 Å². The first-order valence-electron chi connectivity index (χ1n) is 4.92. The Kier molecular flexibility index (Phi) is 1.77. The van der Waals surface area contributed by atoms with Gasteiger partial charge in [0.25, 0.3) is 0 Å². The number of H-pyrrole nitrogens is 1. The van der Waals surface area contributed by atoms with Crippen LogP contribution in [0, 0.1) is 6.92 Å². The van der Waals surface area contributed by atoms with Crippen LogP contribution in [0.15, 0.2) is 44.0 Å². The lowest BCUT2D eigenvalue weighted by molar-refractivity contribution is 0.548. The Hall–Kier alpha value is -2.23. The Balaban J connectivity index is 2.21. The van der Waals surface area contributed by atoms with Crippen LogP contribution < -0.4 is 5.76 Å². The number of rotatable bonds is 1. The second kappa shape index (κ2) is 3.13. The summed E-state index contributed by atoms with van der Waals surface area (Å²) in [6.45, 7) is 1.89. The molecule has 0 unspecified atom stereocenters. The third kappa shape index (κ3) is 1.35. The van der Waals surface area contributed by atoms with Crippen molar-refractivity contribution in [1.29, 1.82) is 0 Å². The molecule has 0 aliphatic rings. The van der Waals surface area contributed by atoms with Crippen molar-refractivity contribution < 1.29 is 8.83 Å². The molecule has 80 valence electrons. The standard InChI is InChI=1S/C12H9NO3/c1-7-2-4-10(15-7)8-3-5-11-9(6-8)13-12(14)16-11/h2-6H,1H3,(H,13,14). The van der Waals surface area contributed by atoms with Crippen molar-refractivity contribution >= 4 is 11.1 Å². The van der Waals surface area contributed by atoms with E-state index in [4.69, 9.17) is 8.83 Å². The predicted octanol–water partition coefficient (Wildman–Crippen LogP) is 2.69. The summed E-state index contributed by atoms with van der Waals surface area (Å²) in [6.07, 6.45) is 0. The number of aromatic nitrogens is 1. The summed E-state index contributed by atoms with van der Waals surface area (Å²) in [7, 11) is 0. The number of aromatic amines is 1. The fourth-order valence-electron chi connectivity index (χ4n) is 1.69. The number of benzene rings is 1. The molecule has 2 heterocycles. The van der Waals surface area contributed by atoms with Crippen LogP contribution in [0.4, 0.5) is 0 Å². The molecular weight excluding hydrogens is 206 g/mol. The maximum atomic E-state index is 11.0. The monoisotopic (exact) mass is 215 g/mol. The fourth-order valence-corrected chi connectivity index (χ4v) is 1.69. The van der Waals surface area contributed by atoms with Crippen molar-refractivity contribution in [3.05, 3.63) is 46.6 Å². The minimum Gasteiger partial charge on any atom is -0.461 e. The van der Waals surface area contributed by atoms with E-state index in [1.807, 2.05) is 31.2 Å². The molecule has 4 heteroatoms. The molecule has 2 aromatic heterocycles. The Morgan fingerprint density at radius 2 is 2.00 bits per heavy atom. The molecule has 0 radical (unpaired) electrons. The molecule has 0 bridgehead atoms. The summed E-state index contributed by atoms with van der Waals surface area (Å²) < 4.78 is 10.4. The van der Waals surface area contributed by atoms with Gasteiger partial charge >= 0.3 is 5.76 Å². The van der Waals surface area contributed by atoms with Crippen LogP contribution in [0.1, 0.15) is 5.76 Å². The molecule has 0 aliphatic carbocycles. The molecule has 0 saturated heterocycles. The van der Waals surface area contributed by atoms with Gasteiger partial charge in [-0.15, -0.1) is 0 Å². The first-order valence-corrected chi connectivity index (χ1v) is 4.92. The van der Waals surface area contributed by atoms with Gasteiger partial charge < -0.3 is 8.83 Å². The number of oxazole rings is 1. The summed E-state index contributed by atoms with van der Waals surface area (Å²) in [5.74, 6) is 1.19. The molecule has 3 rings (SSSR count). The van der Waals surface area contributed by atoms with Crippen LogP contribution in [0.5, 0.6) is 0 Å². The van der Waals surface area contributed by atoms with E-state index in [9.17, 15) is 4.79 Å². The average Bonchev–Trinajstić information content (AvgIpc) is 2.81. The molecule has 4 nitrogen and oxygen atoms in total. The number of fused-ring (bicyclic) bond motifs is 1. The summed E-state index contributed by atoms with van der Waals surface area (Å²) in [4.78, 5) is 13.6. The van der Waals surface area contributed by atoms with Gasteiger partial charge in [0.2, 0.25) is 0 Å². The SMILES string of the molecule is Cc1ccc(-c2ccc3oc(=O)[nH]c3c2)o1. The molecule has 16 heavy (non-hydrogen) atoms. The molecule has 1 aromatic carbocycles. The Morgan fingerprint density at radius 3 is 2.75 bits per heavy atom. The van der Waals surface area contributed by atoms with Crippen LogP contribution in [-0.4, -0.2) is 4.98 Å². The summed E-state index contributed by atoms with van der Waals surface area (Å²) >= 11 is 0. The topological polar surface area (TPSA) is 59.1 Å². The highest BCUT2D eigenvalue weighted by atomic mass is 16.4. The van der Waals surface area contributed by atoms with Crippen molar-refractivity contribution in [2.45, 2.75) is 6.92 Å². The molecule has 0 fully saturated rings. The van der Waals surface area contributed by atoms with Gasteiger partial charge in [0.1, 0.15) is 11.5 Å². The molecule has 0 amide bonds. The number of nitrogens with one attached hydrogen (secondary N) is 1. The summed E-state index contributed by atoms with van der Waals surface area (Å²) in [6, 6.07) is 9.24. The van der Waals surface area contributed by atoms with Crippen LogP contribution in [0.2, 0.25) is 0 Å². The van der Waals surface area contributed by atoms with E-state index in [1.54, 1.807) is 6.07 Å². The summed E-state index contributed by atoms with van der Waals surface area (Å²) in [5.41, 5.74) is 2.14. The lowest BCUT2D eigenvalue weighted by atomic mass is 10.1. The fraction of sp³-hybridized carbons (Fsp3) is 0.0833. The Morgan fingerprint density at radius 1 is 1.12 bits per heavy atom. The molecule has 3 aromatic rings. The molecule has 0 saturated carbocycles. The zero-order valence-electron chi connectivity index (χ0n) is 8.61. The van der Waals surface area contributed by atoms with Crippen LogP contribution >= 0.6 is 0 Å². The number of hydrogen-bond donors (Lipinski definition) is 1. The molecule has 0 atom stereocenters. The van der Waals surface area contributed by atoms with Crippen molar-refractivity contribution in [2.75, 3.05) is 0 Å². The first-order chi connectivity index (χ1) is 7.72. The maximum Gasteiger partial charge on any atom is 0.417 e. The smallest absolute Gasteiger partial charge is 0.417 e. The highest BCUT2D eigenvalue weighted by molar-refractivity contribution is 5.78. The molecule has 0 aliphatic heterocycles. The van der Waals surface area contributed by atoms with Gasteiger partial charge in [-0.25, -0.2) is 4.79 Å². The lowest BCUT2D eigenvalue weighted by Crippen LogP contribution is -1.92. The van der Waals surface area contributed by atoms with Gasteiger partial charge in [-0.3, -0.25) is 4.98 Å². The van der Waals surface area contributed by atoms with Crippen LogP contribution in [0.3, 0.4) is 0 Å². The third-order valence-electron chi connectivity index (χ3n) is 2.44. The van der Waals surface area contributed by atoms with Gasteiger partial charge in [0.05, 0.1) is 5.52 Å². The van der Waals surface area contributed by atoms with Gasteiger partial charge in [-0.05, 0) is 37.3 Å². The Bertz CT molecular complexity index is 702.